The molecule has 0 radical (unpaired) electrons. The van der Waals surface area contributed by atoms with Gasteiger partial charge >= 0.3 is 0 Å². The Morgan fingerprint density at radius 1 is 1.22 bits per heavy atom. The smallest absolute Gasteiger partial charge is 0.254 e. The highest BCUT2D eigenvalue weighted by Gasteiger charge is 2.14. The summed E-state index contributed by atoms with van der Waals surface area (Å²) < 4.78 is 13.4. The Hall–Kier alpha value is -2.23. The number of aromatic nitrogens is 1. The Morgan fingerprint density at radius 2 is 1.94 bits per heavy atom. The largest absolute Gasteiger partial charge is 0.344 e. The van der Waals surface area contributed by atoms with Gasteiger partial charge in [0.15, 0.2) is 0 Å². The number of pyridine rings is 1. The summed E-state index contributed by atoms with van der Waals surface area (Å²) in [7, 11) is 0. The molecule has 1 unspecified atom stereocenters. The summed E-state index contributed by atoms with van der Waals surface area (Å²) in [5, 5.41) is 2.71. The van der Waals surface area contributed by atoms with Crippen LogP contribution in [0.25, 0.3) is 0 Å². The van der Waals surface area contributed by atoms with Gasteiger partial charge in [-0.05, 0) is 31.2 Å². The van der Waals surface area contributed by atoms with E-state index in [0.29, 0.717) is 0 Å². The second-order valence-electron chi connectivity index (χ2n) is 3.93. The molecule has 18 heavy (non-hydrogen) atoms. The van der Waals surface area contributed by atoms with E-state index in [1.807, 2.05) is 12.1 Å². The van der Waals surface area contributed by atoms with Crippen LogP contribution in [0.5, 0.6) is 0 Å². The summed E-state index contributed by atoms with van der Waals surface area (Å²) in [6.07, 6.45) is 1.65. The standard InChI is InChI=1S/C14H13FN2O/c1-10(13-8-4-5-9-16-13)17-14(18)11-6-2-3-7-12(11)15/h2-10H,1H3,(H,17,18). The van der Waals surface area contributed by atoms with Crippen LogP contribution in [0, 0.1) is 5.82 Å². The number of hydrogen-bond acceptors (Lipinski definition) is 2. The predicted molar refractivity (Wildman–Crippen MR) is 66.5 cm³/mol. The monoisotopic (exact) mass is 244 g/mol. The van der Waals surface area contributed by atoms with Gasteiger partial charge in [-0.15, -0.1) is 0 Å². The molecule has 0 fully saturated rings. The van der Waals surface area contributed by atoms with E-state index < -0.39 is 11.7 Å². The highest BCUT2D eigenvalue weighted by atomic mass is 19.1. The predicted octanol–water partition coefficient (Wildman–Crippen LogP) is 2.71. The fourth-order valence-corrected chi connectivity index (χ4v) is 1.63. The minimum Gasteiger partial charge on any atom is -0.344 e. The van der Waals surface area contributed by atoms with E-state index in [2.05, 4.69) is 10.3 Å². The Bertz CT molecular complexity index is 543. The van der Waals surface area contributed by atoms with E-state index in [1.54, 1.807) is 31.3 Å². The quantitative estimate of drug-likeness (QED) is 0.902. The molecule has 1 aromatic carbocycles. The average Bonchev–Trinajstić information content (AvgIpc) is 2.40. The molecule has 0 saturated carbocycles. The molecule has 1 aromatic heterocycles. The van der Waals surface area contributed by atoms with Crippen LogP contribution in [0.1, 0.15) is 29.0 Å². The lowest BCUT2D eigenvalue weighted by molar-refractivity contribution is 0.0935. The maximum Gasteiger partial charge on any atom is 0.254 e. The Labute approximate surface area is 105 Å². The summed E-state index contributed by atoms with van der Waals surface area (Å²) >= 11 is 0. The topological polar surface area (TPSA) is 42.0 Å². The van der Waals surface area contributed by atoms with Crippen molar-refractivity contribution in [3.63, 3.8) is 0 Å². The lowest BCUT2D eigenvalue weighted by Crippen LogP contribution is -2.27. The summed E-state index contributed by atoms with van der Waals surface area (Å²) in [6, 6.07) is 11.1. The third-order valence-corrected chi connectivity index (χ3v) is 2.60. The third-order valence-electron chi connectivity index (χ3n) is 2.60. The molecule has 0 aliphatic heterocycles. The molecule has 0 spiro atoms. The van der Waals surface area contributed by atoms with Crippen molar-refractivity contribution in [3.8, 4) is 0 Å². The summed E-state index contributed by atoms with van der Waals surface area (Å²) in [5.41, 5.74) is 0.780. The third kappa shape index (κ3) is 2.71. The molecule has 1 heterocycles. The van der Waals surface area contributed by atoms with Crippen LogP contribution in [0.2, 0.25) is 0 Å². The van der Waals surface area contributed by atoms with E-state index in [9.17, 15) is 9.18 Å². The van der Waals surface area contributed by atoms with Crippen molar-refractivity contribution in [3.05, 3.63) is 65.7 Å². The van der Waals surface area contributed by atoms with Crippen molar-refractivity contribution in [2.45, 2.75) is 13.0 Å². The molecule has 2 rings (SSSR count). The molecular weight excluding hydrogens is 231 g/mol. The highest BCUT2D eigenvalue weighted by molar-refractivity contribution is 5.94. The van der Waals surface area contributed by atoms with Gasteiger partial charge in [0.25, 0.3) is 5.91 Å². The number of rotatable bonds is 3. The second kappa shape index (κ2) is 5.40. The van der Waals surface area contributed by atoms with Crippen molar-refractivity contribution in [1.82, 2.24) is 10.3 Å². The molecule has 0 bridgehead atoms. The van der Waals surface area contributed by atoms with Gasteiger partial charge in [0.2, 0.25) is 0 Å². The fourth-order valence-electron chi connectivity index (χ4n) is 1.63. The van der Waals surface area contributed by atoms with Gasteiger partial charge in [-0.1, -0.05) is 18.2 Å². The van der Waals surface area contributed by atoms with Crippen LogP contribution < -0.4 is 5.32 Å². The van der Waals surface area contributed by atoms with Crippen LogP contribution in [0.4, 0.5) is 4.39 Å². The van der Waals surface area contributed by atoms with Crippen molar-refractivity contribution in [2.75, 3.05) is 0 Å². The number of halogens is 1. The van der Waals surface area contributed by atoms with Gasteiger partial charge in [-0.25, -0.2) is 4.39 Å². The lowest BCUT2D eigenvalue weighted by Gasteiger charge is -2.13. The van der Waals surface area contributed by atoms with Gasteiger partial charge in [-0.3, -0.25) is 9.78 Å². The van der Waals surface area contributed by atoms with Crippen LogP contribution in [0.3, 0.4) is 0 Å². The SMILES string of the molecule is CC(NC(=O)c1ccccc1F)c1ccccn1. The van der Waals surface area contributed by atoms with Gasteiger partial charge in [0.05, 0.1) is 17.3 Å². The number of carbonyl (C=O) groups excluding carboxylic acids is 1. The zero-order valence-corrected chi connectivity index (χ0v) is 9.93. The molecule has 0 aliphatic carbocycles. The first-order valence-electron chi connectivity index (χ1n) is 5.65. The maximum absolute atomic E-state index is 13.4. The van der Waals surface area contributed by atoms with E-state index in [4.69, 9.17) is 0 Å². The first-order chi connectivity index (χ1) is 8.68. The molecule has 0 saturated heterocycles. The highest BCUT2D eigenvalue weighted by Crippen LogP contribution is 2.11. The number of amides is 1. The Balaban J connectivity index is 2.11. The molecule has 1 amide bonds. The zero-order valence-electron chi connectivity index (χ0n) is 9.93. The van der Waals surface area contributed by atoms with Crippen molar-refractivity contribution in [1.29, 1.82) is 0 Å². The average molecular weight is 244 g/mol. The van der Waals surface area contributed by atoms with Gasteiger partial charge in [0.1, 0.15) is 5.82 Å². The first-order valence-corrected chi connectivity index (χ1v) is 5.65. The minimum atomic E-state index is -0.525. The Kier molecular flexibility index (Phi) is 3.67. The van der Waals surface area contributed by atoms with Gasteiger partial charge in [-0.2, -0.15) is 0 Å². The van der Waals surface area contributed by atoms with Crippen molar-refractivity contribution < 1.29 is 9.18 Å². The lowest BCUT2D eigenvalue weighted by atomic mass is 10.1. The fraction of sp³-hybridized carbons (Fsp3) is 0.143. The summed E-state index contributed by atoms with van der Waals surface area (Å²) in [4.78, 5) is 16.0. The number of benzene rings is 1. The number of nitrogens with one attached hydrogen (secondary N) is 1. The van der Waals surface area contributed by atoms with E-state index in [0.717, 1.165) is 5.69 Å². The first kappa shape index (κ1) is 12.2. The summed E-state index contributed by atoms with van der Waals surface area (Å²) in [5.74, 6) is -0.963. The summed E-state index contributed by atoms with van der Waals surface area (Å²) in [6.45, 7) is 1.81. The van der Waals surface area contributed by atoms with Crippen molar-refractivity contribution >= 4 is 5.91 Å². The number of carbonyl (C=O) groups is 1. The molecule has 0 aliphatic rings. The van der Waals surface area contributed by atoms with E-state index in [-0.39, 0.29) is 11.6 Å². The van der Waals surface area contributed by atoms with E-state index >= 15 is 0 Å². The molecule has 1 N–H and O–H groups in total. The zero-order chi connectivity index (χ0) is 13.0. The molecule has 92 valence electrons. The number of nitrogens with zero attached hydrogens (tertiary/aromatic N) is 1. The molecule has 1 atom stereocenters. The molecule has 3 nitrogen and oxygen atoms in total. The maximum atomic E-state index is 13.4. The minimum absolute atomic E-state index is 0.0419. The molecular formula is C14H13FN2O. The van der Waals surface area contributed by atoms with Crippen molar-refractivity contribution in [2.24, 2.45) is 0 Å². The normalized spacial score (nSPS) is 11.9. The number of hydrogen-bond donors (Lipinski definition) is 1. The van der Waals surface area contributed by atoms with Crippen LogP contribution in [-0.4, -0.2) is 10.9 Å². The molecule has 2 aromatic rings. The van der Waals surface area contributed by atoms with Crippen LogP contribution in [-0.2, 0) is 0 Å². The van der Waals surface area contributed by atoms with Gasteiger partial charge < -0.3 is 5.32 Å². The van der Waals surface area contributed by atoms with E-state index in [1.165, 1.54) is 12.1 Å². The van der Waals surface area contributed by atoms with Crippen LogP contribution in [0.15, 0.2) is 48.7 Å². The Morgan fingerprint density at radius 3 is 2.61 bits per heavy atom. The van der Waals surface area contributed by atoms with Gasteiger partial charge in [0, 0.05) is 6.20 Å². The second-order valence-corrected chi connectivity index (χ2v) is 3.93. The molecule has 4 heteroatoms. The van der Waals surface area contributed by atoms with Crippen LogP contribution >= 0.6 is 0 Å².